The Hall–Kier alpha value is -1.94. The predicted octanol–water partition coefficient (Wildman–Crippen LogP) is 24.5. The van der Waals surface area contributed by atoms with Crippen molar-refractivity contribution in [2.45, 2.75) is 446 Å². The zero-order valence-electron chi connectivity index (χ0n) is 66.4. The molecule has 0 aromatic carbocycles. The monoisotopic (exact) mass is 1480 g/mol. The Bertz CT molecular complexity index is 1960. The van der Waals surface area contributed by atoms with E-state index in [-0.39, 0.29) is 25.7 Å². The molecule has 0 aliphatic rings. The summed E-state index contributed by atoms with van der Waals surface area (Å²) in [6.45, 7) is 11.9. The van der Waals surface area contributed by atoms with E-state index in [0.29, 0.717) is 31.6 Å². The van der Waals surface area contributed by atoms with Crippen molar-refractivity contribution in [3.05, 3.63) is 0 Å². The molecule has 17 nitrogen and oxygen atoms in total. The molecule has 600 valence electrons. The second-order valence-electron chi connectivity index (χ2n) is 30.7. The zero-order chi connectivity index (χ0) is 74.4. The normalized spacial score (nSPS) is 14.2. The standard InChI is InChI=1S/C82H160O17P2/c1-8-10-11-12-13-14-15-16-17-18-19-20-21-22-23-28-31-37-42-51-58-65-81(86)98-77(69-92-79(84)63-56-49-41-36-30-27-25-24-26-29-35-40-48-55-62-75(7)9-2)71-96-100(88,89)94-67-76(83)68-95-101(90,91)97-72-78(70-93-80(85)64-57-50-45-44-47-54-61-74(5)6)99-82(87)66-59-52-43-38-33-32-34-39-46-53-60-73(3)4/h73-78,83H,8-72H2,1-7H3,(H,88,89)(H,90,91)/t75?,76-,77-,78-/m1/s1. The molecular formula is C82H160O17P2. The van der Waals surface area contributed by atoms with Crippen LogP contribution in [0.5, 0.6) is 0 Å². The molecule has 0 saturated heterocycles. The first kappa shape index (κ1) is 99.1. The van der Waals surface area contributed by atoms with Crippen LogP contribution in [0.15, 0.2) is 0 Å². The number of carbonyl (C=O) groups excluding carboxylic acids is 4. The molecule has 3 unspecified atom stereocenters. The van der Waals surface area contributed by atoms with Crippen molar-refractivity contribution < 1.29 is 80.2 Å². The number of esters is 4. The highest BCUT2D eigenvalue weighted by atomic mass is 31.2. The number of rotatable bonds is 80. The smallest absolute Gasteiger partial charge is 0.462 e. The number of phosphoric ester groups is 2. The minimum atomic E-state index is -4.96. The van der Waals surface area contributed by atoms with Crippen molar-refractivity contribution in [1.82, 2.24) is 0 Å². The fourth-order valence-corrected chi connectivity index (χ4v) is 14.2. The Morgan fingerprint density at radius 3 is 0.752 bits per heavy atom. The first-order chi connectivity index (χ1) is 48.8. The molecule has 0 amide bonds. The van der Waals surface area contributed by atoms with Gasteiger partial charge in [-0.1, -0.05) is 376 Å². The average molecular weight is 1480 g/mol. The summed E-state index contributed by atoms with van der Waals surface area (Å²) in [4.78, 5) is 73.0. The highest BCUT2D eigenvalue weighted by Crippen LogP contribution is 2.45. The summed E-state index contributed by atoms with van der Waals surface area (Å²) in [5, 5.41) is 10.6. The van der Waals surface area contributed by atoms with Gasteiger partial charge in [-0.25, -0.2) is 9.13 Å². The van der Waals surface area contributed by atoms with Gasteiger partial charge in [0, 0.05) is 25.7 Å². The molecular weight excluding hydrogens is 1320 g/mol. The van der Waals surface area contributed by atoms with Gasteiger partial charge in [-0.05, 0) is 43.4 Å². The summed E-state index contributed by atoms with van der Waals surface area (Å²) >= 11 is 0. The number of carbonyl (C=O) groups is 4. The molecule has 0 aromatic heterocycles. The van der Waals surface area contributed by atoms with Gasteiger partial charge in [-0.15, -0.1) is 0 Å². The van der Waals surface area contributed by atoms with Gasteiger partial charge in [-0.3, -0.25) is 37.3 Å². The van der Waals surface area contributed by atoms with Gasteiger partial charge < -0.3 is 33.8 Å². The minimum Gasteiger partial charge on any atom is -0.462 e. The van der Waals surface area contributed by atoms with Crippen LogP contribution in [0.25, 0.3) is 0 Å². The van der Waals surface area contributed by atoms with Crippen LogP contribution in [-0.2, 0) is 65.4 Å². The first-order valence-electron chi connectivity index (χ1n) is 42.4. The van der Waals surface area contributed by atoms with Crippen molar-refractivity contribution in [3.8, 4) is 0 Å². The fourth-order valence-electron chi connectivity index (χ4n) is 12.6. The van der Waals surface area contributed by atoms with Crippen LogP contribution in [0.4, 0.5) is 0 Å². The van der Waals surface area contributed by atoms with Crippen LogP contribution >= 0.6 is 15.6 Å². The van der Waals surface area contributed by atoms with E-state index in [9.17, 15) is 43.2 Å². The Morgan fingerprint density at radius 2 is 0.505 bits per heavy atom. The molecule has 0 spiro atoms. The third-order valence-corrected chi connectivity index (χ3v) is 21.4. The maximum atomic E-state index is 13.1. The fraction of sp³-hybridized carbons (Fsp3) is 0.951. The Balaban J connectivity index is 5.21. The van der Waals surface area contributed by atoms with Crippen molar-refractivity contribution >= 4 is 39.5 Å². The molecule has 6 atom stereocenters. The highest BCUT2D eigenvalue weighted by Gasteiger charge is 2.30. The summed E-state index contributed by atoms with van der Waals surface area (Å²) in [5.74, 6) is 0.168. The number of ether oxygens (including phenoxy) is 4. The molecule has 0 rings (SSSR count). The van der Waals surface area contributed by atoms with E-state index < -0.39 is 97.5 Å². The molecule has 0 heterocycles. The van der Waals surface area contributed by atoms with Crippen molar-refractivity contribution in [1.29, 1.82) is 0 Å². The number of unbranched alkanes of at least 4 members (excludes halogenated alkanes) is 47. The maximum absolute atomic E-state index is 13.1. The minimum absolute atomic E-state index is 0.105. The van der Waals surface area contributed by atoms with Gasteiger partial charge in [0.1, 0.15) is 19.3 Å². The zero-order valence-corrected chi connectivity index (χ0v) is 68.2. The predicted molar refractivity (Wildman–Crippen MR) is 414 cm³/mol. The summed E-state index contributed by atoms with van der Waals surface area (Å²) in [7, 11) is -9.92. The van der Waals surface area contributed by atoms with Crippen molar-refractivity contribution in [2.75, 3.05) is 39.6 Å². The number of hydrogen-bond acceptors (Lipinski definition) is 15. The average Bonchev–Trinajstić information content (AvgIpc) is 1.19. The summed E-state index contributed by atoms with van der Waals surface area (Å²) in [6, 6.07) is 0. The van der Waals surface area contributed by atoms with E-state index in [1.54, 1.807) is 0 Å². The molecule has 3 N–H and O–H groups in total. The SMILES string of the molecule is CCCCCCCCCCCCCCCCCCCCCCCC(=O)O[C@H](COC(=O)CCCCCCCCCCCCCCCCC(C)CC)COP(=O)(O)OC[C@@H](O)COP(=O)(O)OC[C@@H](COC(=O)CCCCCCCCC(C)C)OC(=O)CCCCCCCCCCCCC(C)C. The van der Waals surface area contributed by atoms with Gasteiger partial charge in [0.25, 0.3) is 0 Å². The van der Waals surface area contributed by atoms with E-state index in [2.05, 4.69) is 48.5 Å². The maximum Gasteiger partial charge on any atom is 0.472 e. The lowest BCUT2D eigenvalue weighted by atomic mass is 9.99. The van der Waals surface area contributed by atoms with Crippen LogP contribution in [0.2, 0.25) is 0 Å². The summed E-state index contributed by atoms with van der Waals surface area (Å²) in [6.07, 6.45) is 61.3. The largest absolute Gasteiger partial charge is 0.472 e. The summed E-state index contributed by atoms with van der Waals surface area (Å²) < 4.78 is 68.7. The first-order valence-corrected chi connectivity index (χ1v) is 45.4. The molecule has 0 aromatic rings. The molecule has 0 bridgehead atoms. The lowest BCUT2D eigenvalue weighted by molar-refractivity contribution is -0.161. The number of aliphatic hydroxyl groups excluding tert-OH is 1. The Morgan fingerprint density at radius 1 is 0.287 bits per heavy atom. The van der Waals surface area contributed by atoms with Crippen molar-refractivity contribution in [3.63, 3.8) is 0 Å². The number of phosphoric acid groups is 2. The molecule has 0 aliphatic heterocycles. The second-order valence-corrected chi connectivity index (χ2v) is 33.6. The Kier molecular flexibility index (Phi) is 70.9. The topological polar surface area (TPSA) is 237 Å². The van der Waals surface area contributed by atoms with Gasteiger partial charge in [0.15, 0.2) is 12.2 Å². The van der Waals surface area contributed by atoms with Gasteiger partial charge >= 0.3 is 39.5 Å². The second kappa shape index (κ2) is 72.3. The van der Waals surface area contributed by atoms with Crippen LogP contribution < -0.4 is 0 Å². The number of hydrogen-bond donors (Lipinski definition) is 3. The highest BCUT2D eigenvalue weighted by molar-refractivity contribution is 7.47. The Labute approximate surface area is 619 Å². The van der Waals surface area contributed by atoms with Gasteiger partial charge in [0.05, 0.1) is 26.4 Å². The van der Waals surface area contributed by atoms with E-state index in [1.807, 2.05) is 0 Å². The van der Waals surface area contributed by atoms with Crippen LogP contribution in [0.1, 0.15) is 427 Å². The van der Waals surface area contributed by atoms with E-state index >= 15 is 0 Å². The van der Waals surface area contributed by atoms with Gasteiger partial charge in [-0.2, -0.15) is 0 Å². The van der Waals surface area contributed by atoms with Gasteiger partial charge in [0.2, 0.25) is 0 Å². The van der Waals surface area contributed by atoms with E-state index in [0.717, 1.165) is 108 Å². The lowest BCUT2D eigenvalue weighted by Crippen LogP contribution is -2.30. The molecule has 0 fully saturated rings. The van der Waals surface area contributed by atoms with Crippen molar-refractivity contribution in [2.24, 2.45) is 17.8 Å². The summed E-state index contributed by atoms with van der Waals surface area (Å²) in [5.41, 5.74) is 0. The molecule has 101 heavy (non-hydrogen) atoms. The van der Waals surface area contributed by atoms with Crippen LogP contribution in [-0.4, -0.2) is 96.7 Å². The third kappa shape index (κ3) is 74.7. The lowest BCUT2D eigenvalue weighted by Gasteiger charge is -2.21. The molecule has 19 heteroatoms. The van der Waals surface area contributed by atoms with Crippen LogP contribution in [0, 0.1) is 17.8 Å². The van der Waals surface area contributed by atoms with E-state index in [1.165, 1.54) is 231 Å². The quantitative estimate of drug-likeness (QED) is 0.0222. The van der Waals surface area contributed by atoms with Crippen LogP contribution in [0.3, 0.4) is 0 Å². The molecule has 0 aliphatic carbocycles. The molecule has 0 radical (unpaired) electrons. The number of aliphatic hydroxyl groups is 1. The molecule has 0 saturated carbocycles. The van der Waals surface area contributed by atoms with E-state index in [4.69, 9.17) is 37.0 Å². The third-order valence-electron chi connectivity index (χ3n) is 19.5.